The van der Waals surface area contributed by atoms with Crippen molar-refractivity contribution in [1.82, 2.24) is 4.90 Å². The first-order chi connectivity index (χ1) is 13.0. The van der Waals surface area contributed by atoms with Crippen LogP contribution in [0.15, 0.2) is 34.5 Å². The molecule has 0 bridgehead atoms. The van der Waals surface area contributed by atoms with Gasteiger partial charge < -0.3 is 14.2 Å². The number of nitrogens with zero attached hydrogens (tertiary/aromatic N) is 2. The van der Waals surface area contributed by atoms with Crippen LogP contribution in [0.5, 0.6) is 11.5 Å². The predicted molar refractivity (Wildman–Crippen MR) is 103 cm³/mol. The molecule has 1 aromatic carbocycles. The molecule has 144 valence electrons. The minimum absolute atomic E-state index is 0.0787. The highest BCUT2D eigenvalue weighted by Gasteiger charge is 2.48. The van der Waals surface area contributed by atoms with Gasteiger partial charge in [0.2, 0.25) is 5.91 Å². The van der Waals surface area contributed by atoms with Gasteiger partial charge in [0, 0.05) is 5.56 Å². The molecular weight excluding hydrogens is 368 g/mol. The number of esters is 1. The van der Waals surface area contributed by atoms with E-state index in [4.69, 9.17) is 14.2 Å². The normalized spacial score (nSPS) is 21.7. The fourth-order valence-corrected chi connectivity index (χ4v) is 4.44. The molecule has 1 fully saturated rings. The van der Waals surface area contributed by atoms with Crippen LogP contribution in [0.4, 0.5) is 0 Å². The van der Waals surface area contributed by atoms with Gasteiger partial charge in [-0.2, -0.15) is 0 Å². The van der Waals surface area contributed by atoms with Crippen LogP contribution < -0.4 is 9.47 Å². The minimum Gasteiger partial charge on any atom is -0.497 e. The Morgan fingerprint density at radius 2 is 2.00 bits per heavy atom. The maximum atomic E-state index is 13.0. The standard InChI is InChI=1S/C19H22N2O5S/c1-6-14-17(22)21-16(12-9-11(24-3)7-8-13(12)25-4)15(18(23)26-5)10(2)20-19(21)27-14/h7-9,14,16H,6H2,1-5H3/t14-,16+/m1/s1. The number of thioether (sulfide) groups is 1. The van der Waals surface area contributed by atoms with Gasteiger partial charge >= 0.3 is 5.97 Å². The second-order valence-electron chi connectivity index (χ2n) is 6.12. The summed E-state index contributed by atoms with van der Waals surface area (Å²) in [4.78, 5) is 31.7. The van der Waals surface area contributed by atoms with Gasteiger partial charge in [-0.1, -0.05) is 18.7 Å². The highest BCUT2D eigenvalue weighted by Crippen LogP contribution is 2.46. The summed E-state index contributed by atoms with van der Waals surface area (Å²) >= 11 is 1.42. The highest BCUT2D eigenvalue weighted by atomic mass is 32.2. The lowest BCUT2D eigenvalue weighted by molar-refractivity contribution is -0.137. The largest absolute Gasteiger partial charge is 0.497 e. The zero-order chi connectivity index (χ0) is 19.7. The topological polar surface area (TPSA) is 77.4 Å². The van der Waals surface area contributed by atoms with E-state index in [9.17, 15) is 9.59 Å². The van der Waals surface area contributed by atoms with Crippen LogP contribution in [0, 0.1) is 0 Å². The Labute approximate surface area is 162 Å². The zero-order valence-corrected chi connectivity index (χ0v) is 16.8. The van der Waals surface area contributed by atoms with Crippen molar-refractivity contribution in [3.8, 4) is 11.5 Å². The van der Waals surface area contributed by atoms with Crippen molar-refractivity contribution in [3.63, 3.8) is 0 Å². The second kappa shape index (κ2) is 7.64. The van der Waals surface area contributed by atoms with Gasteiger partial charge in [0.15, 0.2) is 5.17 Å². The number of amides is 1. The molecule has 0 saturated carbocycles. The molecule has 2 aliphatic heterocycles. The third kappa shape index (κ3) is 3.18. The molecule has 2 atom stereocenters. The summed E-state index contributed by atoms with van der Waals surface area (Å²) in [5.41, 5.74) is 1.49. The predicted octanol–water partition coefficient (Wildman–Crippen LogP) is 2.92. The molecule has 0 aliphatic carbocycles. The van der Waals surface area contributed by atoms with Crippen molar-refractivity contribution in [2.24, 2.45) is 4.99 Å². The number of carbonyl (C=O) groups excluding carboxylic acids is 2. The number of aliphatic imine (C=N–C) groups is 1. The Morgan fingerprint density at radius 1 is 1.26 bits per heavy atom. The van der Waals surface area contributed by atoms with E-state index in [2.05, 4.69) is 4.99 Å². The van der Waals surface area contributed by atoms with Crippen LogP contribution in [-0.2, 0) is 14.3 Å². The molecule has 8 heteroatoms. The molecule has 0 N–H and O–H groups in total. The second-order valence-corrected chi connectivity index (χ2v) is 7.29. The van der Waals surface area contributed by atoms with E-state index >= 15 is 0 Å². The van der Waals surface area contributed by atoms with Crippen molar-refractivity contribution in [3.05, 3.63) is 35.0 Å². The Hall–Kier alpha value is -2.48. The molecule has 7 nitrogen and oxygen atoms in total. The van der Waals surface area contributed by atoms with Crippen molar-refractivity contribution in [1.29, 1.82) is 0 Å². The van der Waals surface area contributed by atoms with Crippen molar-refractivity contribution in [2.45, 2.75) is 31.6 Å². The summed E-state index contributed by atoms with van der Waals surface area (Å²) in [6.07, 6.45) is 0.674. The number of fused-ring (bicyclic) bond motifs is 1. The van der Waals surface area contributed by atoms with Gasteiger partial charge in [-0.3, -0.25) is 9.69 Å². The van der Waals surface area contributed by atoms with Crippen LogP contribution in [0.25, 0.3) is 0 Å². The Bertz CT molecular complexity index is 849. The lowest BCUT2D eigenvalue weighted by atomic mass is 9.93. The molecule has 3 rings (SSSR count). The first kappa shape index (κ1) is 19.3. The third-order valence-electron chi connectivity index (χ3n) is 4.66. The van der Waals surface area contributed by atoms with Gasteiger partial charge in [0.25, 0.3) is 0 Å². The maximum absolute atomic E-state index is 13.0. The zero-order valence-electron chi connectivity index (χ0n) is 15.9. The summed E-state index contributed by atoms with van der Waals surface area (Å²) in [6.45, 7) is 3.71. The molecule has 2 heterocycles. The SMILES string of the molecule is CC[C@H]1SC2=NC(C)=C(C(=O)OC)[C@H](c3cc(OC)ccc3OC)N2C1=O. The van der Waals surface area contributed by atoms with Crippen LogP contribution in [0.1, 0.15) is 31.9 Å². The lowest BCUT2D eigenvalue weighted by Crippen LogP contribution is -2.40. The fraction of sp³-hybridized carbons (Fsp3) is 0.421. The molecular formula is C19H22N2O5S. The minimum atomic E-state index is -0.688. The van der Waals surface area contributed by atoms with E-state index in [0.717, 1.165) is 0 Å². The molecule has 0 spiro atoms. The summed E-state index contributed by atoms with van der Waals surface area (Å²) in [5.74, 6) is 0.546. The quantitative estimate of drug-likeness (QED) is 0.720. The molecule has 2 aliphatic rings. The van der Waals surface area contributed by atoms with E-state index in [1.165, 1.54) is 18.9 Å². The van der Waals surface area contributed by atoms with Crippen LogP contribution in [0.2, 0.25) is 0 Å². The summed E-state index contributed by atoms with van der Waals surface area (Å²) in [7, 11) is 4.43. The van der Waals surface area contributed by atoms with E-state index < -0.39 is 12.0 Å². The average molecular weight is 390 g/mol. The Balaban J connectivity index is 2.24. The number of methoxy groups -OCH3 is 3. The monoisotopic (exact) mass is 390 g/mol. The molecule has 1 amide bonds. The van der Waals surface area contributed by atoms with Gasteiger partial charge in [-0.15, -0.1) is 0 Å². The number of allylic oxidation sites excluding steroid dienone is 1. The first-order valence-electron chi connectivity index (χ1n) is 8.56. The van der Waals surface area contributed by atoms with Crippen molar-refractivity contribution >= 4 is 28.8 Å². The molecule has 27 heavy (non-hydrogen) atoms. The van der Waals surface area contributed by atoms with Gasteiger partial charge in [-0.05, 0) is 31.5 Å². The van der Waals surface area contributed by atoms with E-state index in [0.29, 0.717) is 39.9 Å². The Morgan fingerprint density at radius 3 is 2.59 bits per heavy atom. The van der Waals surface area contributed by atoms with E-state index in [1.807, 2.05) is 6.92 Å². The number of ether oxygens (including phenoxy) is 3. The fourth-order valence-electron chi connectivity index (χ4n) is 3.31. The average Bonchev–Trinajstić information content (AvgIpc) is 3.00. The number of amidine groups is 1. The van der Waals surface area contributed by atoms with Gasteiger partial charge in [-0.25, -0.2) is 9.79 Å². The number of rotatable bonds is 5. The molecule has 1 saturated heterocycles. The molecule has 0 radical (unpaired) electrons. The van der Waals surface area contributed by atoms with Crippen LogP contribution >= 0.6 is 11.8 Å². The third-order valence-corrected chi connectivity index (χ3v) is 5.98. The maximum Gasteiger partial charge on any atom is 0.338 e. The number of benzene rings is 1. The summed E-state index contributed by atoms with van der Waals surface area (Å²) in [5, 5.41) is 0.361. The number of hydrogen-bond acceptors (Lipinski definition) is 7. The molecule has 1 aromatic rings. The van der Waals surface area contributed by atoms with Gasteiger partial charge in [0.05, 0.1) is 37.8 Å². The highest BCUT2D eigenvalue weighted by molar-refractivity contribution is 8.15. The molecule has 0 unspecified atom stereocenters. The smallest absolute Gasteiger partial charge is 0.338 e. The summed E-state index contributed by atoms with van der Waals surface area (Å²) < 4.78 is 15.9. The van der Waals surface area contributed by atoms with E-state index in [1.54, 1.807) is 44.2 Å². The van der Waals surface area contributed by atoms with Crippen molar-refractivity contribution in [2.75, 3.05) is 21.3 Å². The number of hydrogen-bond donors (Lipinski definition) is 0. The first-order valence-corrected chi connectivity index (χ1v) is 9.44. The van der Waals surface area contributed by atoms with Gasteiger partial charge in [0.1, 0.15) is 17.5 Å². The summed E-state index contributed by atoms with van der Waals surface area (Å²) in [6, 6.07) is 4.62. The van der Waals surface area contributed by atoms with Crippen molar-refractivity contribution < 1.29 is 23.8 Å². The van der Waals surface area contributed by atoms with Crippen LogP contribution in [-0.4, -0.2) is 48.5 Å². The lowest BCUT2D eigenvalue weighted by Gasteiger charge is -2.33. The molecule has 0 aromatic heterocycles. The Kier molecular flexibility index (Phi) is 5.46. The van der Waals surface area contributed by atoms with E-state index in [-0.39, 0.29) is 11.2 Å². The number of carbonyl (C=O) groups is 2. The van der Waals surface area contributed by atoms with Crippen LogP contribution in [0.3, 0.4) is 0 Å².